The smallest absolute Gasteiger partial charge is 0.242 e. The molecule has 0 fully saturated rings. The SMILES string of the molecule is CC(C)(C)c1ccc(-c2nn(Cc3ccc(Cl)cc3)c3nc(-c4cccs4)cc(C(F)(F)F)c23)cc1. The van der Waals surface area contributed by atoms with Crippen LogP contribution in [0.2, 0.25) is 5.02 Å². The molecule has 0 unspecified atom stereocenters. The van der Waals surface area contributed by atoms with Gasteiger partial charge in [-0.3, -0.25) is 0 Å². The molecule has 0 saturated carbocycles. The molecule has 0 radical (unpaired) electrons. The van der Waals surface area contributed by atoms with Gasteiger partial charge in [-0.05, 0) is 46.2 Å². The Morgan fingerprint density at radius 3 is 2.22 bits per heavy atom. The topological polar surface area (TPSA) is 30.7 Å². The minimum absolute atomic E-state index is 0.000258. The molecule has 8 heteroatoms. The third-order valence-electron chi connectivity index (χ3n) is 6.05. The van der Waals surface area contributed by atoms with Gasteiger partial charge < -0.3 is 0 Å². The van der Waals surface area contributed by atoms with Gasteiger partial charge in [-0.15, -0.1) is 11.3 Å². The highest BCUT2D eigenvalue weighted by molar-refractivity contribution is 7.13. The van der Waals surface area contributed by atoms with E-state index in [-0.39, 0.29) is 34.4 Å². The average Bonchev–Trinajstić information content (AvgIpc) is 3.48. The number of aromatic nitrogens is 3. The van der Waals surface area contributed by atoms with Crippen molar-refractivity contribution in [2.45, 2.75) is 38.9 Å². The molecule has 3 aromatic heterocycles. The van der Waals surface area contributed by atoms with E-state index < -0.39 is 11.7 Å². The number of nitrogens with zero attached hydrogens (tertiary/aromatic N) is 3. The highest BCUT2D eigenvalue weighted by Crippen LogP contribution is 2.42. The van der Waals surface area contributed by atoms with Gasteiger partial charge in [-0.1, -0.05) is 74.8 Å². The summed E-state index contributed by atoms with van der Waals surface area (Å²) >= 11 is 7.38. The van der Waals surface area contributed by atoms with Gasteiger partial charge in [0.15, 0.2) is 5.65 Å². The molecule has 0 aliphatic rings. The van der Waals surface area contributed by atoms with Crippen molar-refractivity contribution in [2.75, 3.05) is 0 Å². The standard InChI is InChI=1S/C28H23ClF3N3S/c1-27(2,3)19-10-8-18(9-11-19)25-24-21(28(30,31)32)15-22(23-5-4-14-36-23)33-26(24)35(34-25)16-17-6-12-20(29)13-7-17/h4-15H,16H2,1-3H3. The highest BCUT2D eigenvalue weighted by atomic mass is 35.5. The molecule has 5 aromatic rings. The first kappa shape index (κ1) is 24.5. The van der Waals surface area contributed by atoms with Gasteiger partial charge >= 0.3 is 6.18 Å². The summed E-state index contributed by atoms with van der Waals surface area (Å²) in [5.41, 5.74) is 2.46. The van der Waals surface area contributed by atoms with Crippen LogP contribution in [-0.4, -0.2) is 14.8 Å². The lowest BCUT2D eigenvalue weighted by molar-refractivity contribution is -0.136. The van der Waals surface area contributed by atoms with Crippen molar-refractivity contribution >= 4 is 34.0 Å². The van der Waals surface area contributed by atoms with Crippen LogP contribution in [0.25, 0.3) is 32.9 Å². The summed E-state index contributed by atoms with van der Waals surface area (Å²) in [6.45, 7) is 6.54. The van der Waals surface area contributed by atoms with Crippen LogP contribution in [0.15, 0.2) is 72.1 Å². The second-order valence-corrected chi connectivity index (χ2v) is 11.1. The van der Waals surface area contributed by atoms with Gasteiger partial charge in [-0.2, -0.15) is 18.3 Å². The Bertz CT molecular complexity index is 1510. The largest absolute Gasteiger partial charge is 0.417 e. The second-order valence-electron chi connectivity index (χ2n) is 9.69. The Labute approximate surface area is 216 Å². The van der Waals surface area contributed by atoms with Gasteiger partial charge in [0.05, 0.1) is 28.1 Å². The molecule has 3 nitrogen and oxygen atoms in total. The molecule has 0 amide bonds. The zero-order chi connectivity index (χ0) is 25.7. The van der Waals surface area contributed by atoms with Crippen LogP contribution in [0.3, 0.4) is 0 Å². The fourth-order valence-electron chi connectivity index (χ4n) is 4.15. The first-order valence-electron chi connectivity index (χ1n) is 11.4. The molecule has 0 bridgehead atoms. The summed E-state index contributed by atoms with van der Waals surface area (Å²) in [6, 6.07) is 19.4. The molecule has 5 rings (SSSR count). The highest BCUT2D eigenvalue weighted by Gasteiger charge is 2.36. The van der Waals surface area contributed by atoms with Crippen molar-refractivity contribution in [3.05, 3.63) is 93.8 Å². The van der Waals surface area contributed by atoms with Crippen molar-refractivity contribution in [1.82, 2.24) is 14.8 Å². The van der Waals surface area contributed by atoms with Gasteiger partial charge in [0.2, 0.25) is 0 Å². The third-order valence-corrected chi connectivity index (χ3v) is 7.20. The maximum atomic E-state index is 14.5. The van der Waals surface area contributed by atoms with E-state index in [0.717, 1.165) is 17.2 Å². The molecule has 0 saturated heterocycles. The van der Waals surface area contributed by atoms with E-state index in [0.29, 0.717) is 15.5 Å². The van der Waals surface area contributed by atoms with Crippen molar-refractivity contribution in [2.24, 2.45) is 0 Å². The zero-order valence-electron chi connectivity index (χ0n) is 19.9. The van der Waals surface area contributed by atoms with E-state index in [9.17, 15) is 13.2 Å². The Hall–Kier alpha value is -3.16. The van der Waals surface area contributed by atoms with E-state index in [1.807, 2.05) is 41.8 Å². The number of benzene rings is 2. The fraction of sp³-hybridized carbons (Fsp3) is 0.214. The lowest BCUT2D eigenvalue weighted by atomic mass is 9.86. The minimum atomic E-state index is -4.58. The first-order chi connectivity index (χ1) is 17.0. The Kier molecular flexibility index (Phi) is 6.17. The molecular formula is C28H23ClF3N3S. The van der Waals surface area contributed by atoms with Gasteiger partial charge in [0, 0.05) is 10.6 Å². The summed E-state index contributed by atoms with van der Waals surface area (Å²) in [6.07, 6.45) is -4.58. The van der Waals surface area contributed by atoms with Crippen molar-refractivity contribution in [1.29, 1.82) is 0 Å². The molecule has 2 aromatic carbocycles. The summed E-state index contributed by atoms with van der Waals surface area (Å²) in [4.78, 5) is 5.36. The third kappa shape index (κ3) is 4.77. The predicted octanol–water partition coefficient (Wildman–Crippen LogP) is 8.84. The molecule has 3 heterocycles. The van der Waals surface area contributed by atoms with E-state index in [2.05, 4.69) is 20.8 Å². The zero-order valence-corrected chi connectivity index (χ0v) is 21.5. The summed E-state index contributed by atoms with van der Waals surface area (Å²) < 4.78 is 44.9. The van der Waals surface area contributed by atoms with Crippen molar-refractivity contribution in [3.8, 4) is 21.8 Å². The molecule has 0 atom stereocenters. The summed E-state index contributed by atoms with van der Waals surface area (Å²) in [5, 5.41) is 7.10. The van der Waals surface area contributed by atoms with E-state index in [4.69, 9.17) is 21.7 Å². The lowest BCUT2D eigenvalue weighted by Gasteiger charge is -2.19. The number of hydrogen-bond donors (Lipinski definition) is 0. The monoisotopic (exact) mass is 525 g/mol. The number of hydrogen-bond acceptors (Lipinski definition) is 3. The Morgan fingerprint density at radius 2 is 1.64 bits per heavy atom. The quantitative estimate of drug-likeness (QED) is 0.234. The molecule has 0 spiro atoms. The molecular weight excluding hydrogens is 503 g/mol. The van der Waals surface area contributed by atoms with Crippen LogP contribution in [0, 0.1) is 0 Å². The number of rotatable bonds is 4. The first-order valence-corrected chi connectivity index (χ1v) is 12.6. The van der Waals surface area contributed by atoms with E-state index in [1.54, 1.807) is 28.9 Å². The van der Waals surface area contributed by atoms with Crippen LogP contribution in [0.5, 0.6) is 0 Å². The van der Waals surface area contributed by atoms with E-state index >= 15 is 0 Å². The van der Waals surface area contributed by atoms with Crippen molar-refractivity contribution < 1.29 is 13.2 Å². The van der Waals surface area contributed by atoms with Crippen LogP contribution in [0.4, 0.5) is 13.2 Å². The second kappa shape index (κ2) is 9.05. The molecule has 0 aliphatic carbocycles. The minimum Gasteiger partial charge on any atom is -0.242 e. The maximum absolute atomic E-state index is 14.5. The van der Waals surface area contributed by atoms with Gasteiger partial charge in [0.1, 0.15) is 5.69 Å². The summed E-state index contributed by atoms with van der Waals surface area (Å²) in [7, 11) is 0. The number of pyridine rings is 1. The molecule has 0 N–H and O–H groups in total. The number of alkyl halides is 3. The van der Waals surface area contributed by atoms with Gasteiger partial charge in [-0.25, -0.2) is 9.67 Å². The van der Waals surface area contributed by atoms with Gasteiger partial charge in [0.25, 0.3) is 0 Å². The predicted molar refractivity (Wildman–Crippen MR) is 141 cm³/mol. The number of fused-ring (bicyclic) bond motifs is 1. The fourth-order valence-corrected chi connectivity index (χ4v) is 4.96. The number of halogens is 4. The van der Waals surface area contributed by atoms with Crippen LogP contribution >= 0.6 is 22.9 Å². The average molecular weight is 526 g/mol. The normalized spacial score (nSPS) is 12.4. The maximum Gasteiger partial charge on any atom is 0.417 e. The summed E-state index contributed by atoms with van der Waals surface area (Å²) in [5.74, 6) is 0. The van der Waals surface area contributed by atoms with E-state index in [1.165, 1.54) is 11.3 Å². The van der Waals surface area contributed by atoms with Crippen LogP contribution in [-0.2, 0) is 18.1 Å². The number of thiophene rings is 1. The molecule has 0 aliphatic heterocycles. The molecule has 36 heavy (non-hydrogen) atoms. The molecule has 184 valence electrons. The Morgan fingerprint density at radius 1 is 0.944 bits per heavy atom. The van der Waals surface area contributed by atoms with Crippen molar-refractivity contribution in [3.63, 3.8) is 0 Å². The van der Waals surface area contributed by atoms with Crippen LogP contribution in [0.1, 0.15) is 37.5 Å². The lowest BCUT2D eigenvalue weighted by Crippen LogP contribution is -2.10. The van der Waals surface area contributed by atoms with Crippen LogP contribution < -0.4 is 0 Å². The Balaban J connectivity index is 1.77.